The predicted octanol–water partition coefficient (Wildman–Crippen LogP) is 2.95. The van der Waals surface area contributed by atoms with Gasteiger partial charge in [0.15, 0.2) is 0 Å². The average Bonchev–Trinajstić information content (AvgIpc) is 3.14. The molecule has 6 heteroatoms. The van der Waals surface area contributed by atoms with Gasteiger partial charge >= 0.3 is 6.09 Å². The van der Waals surface area contributed by atoms with Crippen LogP contribution in [0.4, 0.5) is 4.79 Å². The number of hydrogen-bond acceptors (Lipinski definition) is 4. The number of rotatable bonds is 4. The Morgan fingerprint density at radius 1 is 1.21 bits per heavy atom. The minimum Gasteiger partial charge on any atom is -0.444 e. The topological polar surface area (TPSA) is 61.9 Å². The first-order chi connectivity index (χ1) is 13.2. The third-order valence-corrected chi connectivity index (χ3v) is 5.54. The van der Waals surface area contributed by atoms with Gasteiger partial charge in [-0.1, -0.05) is 24.3 Å². The molecule has 0 bridgehead atoms. The molecule has 154 valence electrons. The lowest BCUT2D eigenvalue weighted by Gasteiger charge is -2.34. The molecule has 0 spiro atoms. The molecular weight excluding hydrogens is 354 g/mol. The summed E-state index contributed by atoms with van der Waals surface area (Å²) >= 11 is 0. The molecule has 1 saturated heterocycles. The van der Waals surface area contributed by atoms with Crippen LogP contribution in [0, 0.1) is 0 Å². The fourth-order valence-electron chi connectivity index (χ4n) is 3.97. The Morgan fingerprint density at radius 2 is 1.93 bits per heavy atom. The quantitative estimate of drug-likeness (QED) is 0.863. The number of hydrogen-bond donors (Lipinski definition) is 1. The summed E-state index contributed by atoms with van der Waals surface area (Å²) in [7, 11) is 0. The first-order valence-electron chi connectivity index (χ1n) is 10.3. The summed E-state index contributed by atoms with van der Waals surface area (Å²) in [4.78, 5) is 29.1. The van der Waals surface area contributed by atoms with E-state index >= 15 is 0 Å². The number of nitrogens with zero attached hydrogens (tertiary/aromatic N) is 2. The molecule has 2 amide bonds. The molecule has 0 aliphatic carbocycles. The van der Waals surface area contributed by atoms with Crippen molar-refractivity contribution in [1.29, 1.82) is 0 Å². The van der Waals surface area contributed by atoms with Crippen molar-refractivity contribution in [3.8, 4) is 0 Å². The van der Waals surface area contributed by atoms with E-state index in [1.165, 1.54) is 11.1 Å². The second-order valence-corrected chi connectivity index (χ2v) is 8.92. The van der Waals surface area contributed by atoms with Crippen LogP contribution in [0.15, 0.2) is 24.3 Å². The summed E-state index contributed by atoms with van der Waals surface area (Å²) in [6, 6.07) is 8.38. The molecule has 0 saturated carbocycles. The number of ether oxygens (including phenoxy) is 1. The highest BCUT2D eigenvalue weighted by atomic mass is 16.6. The molecule has 6 nitrogen and oxygen atoms in total. The molecule has 28 heavy (non-hydrogen) atoms. The van der Waals surface area contributed by atoms with E-state index in [1.807, 2.05) is 20.8 Å². The molecule has 2 heterocycles. The van der Waals surface area contributed by atoms with E-state index in [-0.39, 0.29) is 11.9 Å². The fraction of sp³-hybridized carbons (Fsp3) is 0.636. The molecular formula is C22H33N3O3. The van der Waals surface area contributed by atoms with Gasteiger partial charge in [0.25, 0.3) is 0 Å². The summed E-state index contributed by atoms with van der Waals surface area (Å²) in [6.45, 7) is 10.7. The maximum absolute atomic E-state index is 12.7. The zero-order valence-electron chi connectivity index (χ0n) is 17.5. The van der Waals surface area contributed by atoms with Gasteiger partial charge in [-0.25, -0.2) is 4.79 Å². The molecule has 1 fully saturated rings. The normalized spacial score (nSPS) is 21.1. The van der Waals surface area contributed by atoms with E-state index in [0.29, 0.717) is 19.5 Å². The van der Waals surface area contributed by atoms with Crippen molar-refractivity contribution in [3.63, 3.8) is 0 Å². The molecule has 2 unspecified atom stereocenters. The van der Waals surface area contributed by atoms with Crippen LogP contribution >= 0.6 is 0 Å². The van der Waals surface area contributed by atoms with Gasteiger partial charge in [0.05, 0.1) is 0 Å². The molecule has 2 aliphatic heterocycles. The van der Waals surface area contributed by atoms with E-state index in [0.717, 1.165) is 25.9 Å². The Kier molecular flexibility index (Phi) is 6.28. The number of nitrogens with one attached hydrogen (secondary N) is 1. The smallest absolute Gasteiger partial charge is 0.410 e. The van der Waals surface area contributed by atoms with Crippen LogP contribution < -0.4 is 5.32 Å². The third kappa shape index (κ3) is 5.04. The van der Waals surface area contributed by atoms with E-state index in [2.05, 4.69) is 41.4 Å². The van der Waals surface area contributed by atoms with Crippen molar-refractivity contribution in [2.45, 2.75) is 71.2 Å². The summed E-state index contributed by atoms with van der Waals surface area (Å²) in [6.07, 6.45) is 2.17. The van der Waals surface area contributed by atoms with Crippen molar-refractivity contribution in [1.82, 2.24) is 15.1 Å². The molecule has 1 N–H and O–H groups in total. The molecule has 0 radical (unpaired) electrons. The Hall–Kier alpha value is -2.08. The first kappa shape index (κ1) is 20.6. The van der Waals surface area contributed by atoms with E-state index in [9.17, 15) is 9.59 Å². The summed E-state index contributed by atoms with van der Waals surface area (Å²) in [5.74, 6) is -0.0763. The lowest BCUT2D eigenvalue weighted by Crippen LogP contribution is -2.50. The van der Waals surface area contributed by atoms with Crippen LogP contribution in [0.2, 0.25) is 0 Å². The standard InChI is InChI=1S/C22H33N3O3/c1-16(24-13-11-17-8-5-6-9-18(17)15-24)14-23-20(26)19-10-7-12-25(19)21(27)28-22(2,3)4/h5-6,8-9,16,19H,7,10-15H2,1-4H3,(H,23,26). The largest absolute Gasteiger partial charge is 0.444 e. The van der Waals surface area contributed by atoms with Crippen molar-refractivity contribution in [3.05, 3.63) is 35.4 Å². The number of benzene rings is 1. The van der Waals surface area contributed by atoms with Gasteiger partial charge in [-0.2, -0.15) is 0 Å². The lowest BCUT2D eigenvalue weighted by atomic mass is 9.99. The van der Waals surface area contributed by atoms with Crippen molar-refractivity contribution >= 4 is 12.0 Å². The van der Waals surface area contributed by atoms with Crippen LogP contribution in [-0.2, 0) is 22.5 Å². The van der Waals surface area contributed by atoms with E-state index in [4.69, 9.17) is 4.74 Å². The van der Waals surface area contributed by atoms with Crippen molar-refractivity contribution in [2.24, 2.45) is 0 Å². The highest BCUT2D eigenvalue weighted by molar-refractivity contribution is 5.86. The van der Waals surface area contributed by atoms with Crippen LogP contribution in [0.3, 0.4) is 0 Å². The lowest BCUT2D eigenvalue weighted by molar-refractivity contribution is -0.125. The molecule has 1 aromatic rings. The van der Waals surface area contributed by atoms with Gasteiger partial charge in [0.1, 0.15) is 11.6 Å². The van der Waals surface area contributed by atoms with Gasteiger partial charge in [-0.3, -0.25) is 14.6 Å². The second kappa shape index (κ2) is 8.52. The maximum atomic E-state index is 12.7. The number of amides is 2. The monoisotopic (exact) mass is 387 g/mol. The van der Waals surface area contributed by atoms with Crippen LogP contribution in [0.1, 0.15) is 51.7 Å². The molecule has 2 atom stereocenters. The van der Waals surface area contributed by atoms with Crippen molar-refractivity contribution in [2.75, 3.05) is 19.6 Å². The highest BCUT2D eigenvalue weighted by Gasteiger charge is 2.36. The molecule has 2 aliphatic rings. The van der Waals surface area contributed by atoms with Crippen LogP contribution in [0.25, 0.3) is 0 Å². The summed E-state index contributed by atoms with van der Waals surface area (Å²) in [5.41, 5.74) is 2.24. The number of likely N-dealkylation sites (tertiary alicyclic amines) is 1. The minimum atomic E-state index is -0.556. The fourth-order valence-corrected chi connectivity index (χ4v) is 3.97. The Labute approximate surface area is 168 Å². The Bertz CT molecular complexity index is 713. The zero-order valence-corrected chi connectivity index (χ0v) is 17.5. The van der Waals surface area contributed by atoms with E-state index < -0.39 is 17.7 Å². The first-order valence-corrected chi connectivity index (χ1v) is 10.3. The minimum absolute atomic E-state index is 0.0763. The third-order valence-electron chi connectivity index (χ3n) is 5.54. The summed E-state index contributed by atoms with van der Waals surface area (Å²) < 4.78 is 5.45. The average molecular weight is 388 g/mol. The van der Waals surface area contributed by atoms with Gasteiger partial charge in [-0.05, 0) is 58.1 Å². The number of fused-ring (bicyclic) bond motifs is 1. The van der Waals surface area contributed by atoms with Crippen LogP contribution in [-0.4, -0.2) is 59.1 Å². The SMILES string of the molecule is CC(CNC(=O)C1CCCN1C(=O)OC(C)(C)C)N1CCc2ccccc2C1. The highest BCUT2D eigenvalue weighted by Crippen LogP contribution is 2.22. The summed E-state index contributed by atoms with van der Waals surface area (Å²) in [5, 5.41) is 3.06. The van der Waals surface area contributed by atoms with Crippen molar-refractivity contribution < 1.29 is 14.3 Å². The number of carbonyl (C=O) groups is 2. The van der Waals surface area contributed by atoms with Crippen LogP contribution in [0.5, 0.6) is 0 Å². The Balaban J connectivity index is 1.51. The second-order valence-electron chi connectivity index (χ2n) is 8.92. The maximum Gasteiger partial charge on any atom is 0.410 e. The van der Waals surface area contributed by atoms with E-state index in [1.54, 1.807) is 4.90 Å². The molecule has 1 aromatic carbocycles. The van der Waals surface area contributed by atoms with Gasteiger partial charge in [-0.15, -0.1) is 0 Å². The zero-order chi connectivity index (χ0) is 20.3. The van der Waals surface area contributed by atoms with Gasteiger partial charge < -0.3 is 10.1 Å². The number of carbonyl (C=O) groups excluding carboxylic acids is 2. The van der Waals surface area contributed by atoms with Gasteiger partial charge in [0.2, 0.25) is 5.91 Å². The van der Waals surface area contributed by atoms with Gasteiger partial charge in [0, 0.05) is 32.2 Å². The molecule has 0 aromatic heterocycles. The molecule has 3 rings (SSSR count). The predicted molar refractivity (Wildman–Crippen MR) is 109 cm³/mol. The Morgan fingerprint density at radius 3 is 2.64 bits per heavy atom.